The third-order valence-electron chi connectivity index (χ3n) is 4.18. The summed E-state index contributed by atoms with van der Waals surface area (Å²) in [5, 5.41) is 11.3. The second kappa shape index (κ2) is 6.59. The summed E-state index contributed by atoms with van der Waals surface area (Å²) in [5.74, 6) is -0.626. The van der Waals surface area contributed by atoms with Gasteiger partial charge >= 0.3 is 0 Å². The van der Waals surface area contributed by atoms with E-state index < -0.39 is 37.4 Å². The van der Waals surface area contributed by atoms with Crippen molar-refractivity contribution in [1.29, 1.82) is 0 Å². The summed E-state index contributed by atoms with van der Waals surface area (Å²) < 4.78 is 72.5. The van der Waals surface area contributed by atoms with Gasteiger partial charge in [0.05, 0.1) is 51.4 Å². The third-order valence-corrected chi connectivity index (χ3v) is 4.18. The summed E-state index contributed by atoms with van der Waals surface area (Å²) in [6.07, 6.45) is 3.38. The lowest BCUT2D eigenvalue weighted by atomic mass is 9.72. The Hall–Kier alpha value is -1.06. The molecule has 1 atom stereocenters. The standard InChI is InChI=1S/C17H27NO2/c1-18(2)13-16(17(19)11-5-4-6-12-17)14-7-9-15(20-3)10-8-14/h7-10,16,19H,4-6,11-13H2,1-3H3/p+1/i1D3,2D3,3D3. The van der Waals surface area contributed by atoms with Crippen LogP contribution in [0.2, 0.25) is 0 Å². The van der Waals surface area contributed by atoms with Gasteiger partial charge in [0.1, 0.15) is 5.75 Å². The van der Waals surface area contributed by atoms with Gasteiger partial charge in [0.25, 0.3) is 0 Å². The van der Waals surface area contributed by atoms with Crippen LogP contribution in [0.4, 0.5) is 0 Å². The number of benzene rings is 1. The zero-order valence-electron chi connectivity index (χ0n) is 20.5. The Balaban J connectivity index is 2.40. The van der Waals surface area contributed by atoms with Crippen LogP contribution in [0.3, 0.4) is 0 Å². The molecule has 0 radical (unpaired) electrons. The van der Waals surface area contributed by atoms with Gasteiger partial charge in [-0.25, -0.2) is 0 Å². The molecule has 0 aliphatic heterocycles. The van der Waals surface area contributed by atoms with Gasteiger partial charge in [-0.1, -0.05) is 31.4 Å². The topological polar surface area (TPSA) is 33.9 Å². The molecule has 1 aliphatic rings. The van der Waals surface area contributed by atoms with E-state index in [2.05, 4.69) is 0 Å². The number of aliphatic hydroxyl groups is 1. The molecule has 1 unspecified atom stereocenters. The van der Waals surface area contributed by atoms with Crippen LogP contribution >= 0.6 is 0 Å². The Morgan fingerprint density at radius 3 is 2.55 bits per heavy atom. The molecule has 3 nitrogen and oxygen atoms in total. The first kappa shape index (κ1) is 7.28. The van der Waals surface area contributed by atoms with Crippen molar-refractivity contribution < 1.29 is 27.1 Å². The van der Waals surface area contributed by atoms with Crippen molar-refractivity contribution in [3.8, 4) is 5.75 Å². The van der Waals surface area contributed by atoms with Crippen LogP contribution in [-0.4, -0.2) is 38.2 Å². The van der Waals surface area contributed by atoms with Gasteiger partial charge in [-0.05, 0) is 30.5 Å². The van der Waals surface area contributed by atoms with Crippen LogP contribution in [-0.2, 0) is 0 Å². The van der Waals surface area contributed by atoms with Gasteiger partial charge in [0.2, 0.25) is 0 Å². The molecule has 2 N–H and O–H groups in total. The van der Waals surface area contributed by atoms with Crippen molar-refractivity contribution in [3.05, 3.63) is 29.8 Å². The summed E-state index contributed by atoms with van der Waals surface area (Å²) in [4.78, 5) is -0.559. The Labute approximate surface area is 135 Å². The van der Waals surface area contributed by atoms with E-state index in [9.17, 15) is 5.11 Å². The van der Waals surface area contributed by atoms with Gasteiger partial charge in [-0.2, -0.15) is 0 Å². The maximum atomic E-state index is 11.3. The van der Waals surface area contributed by atoms with E-state index in [1.807, 2.05) is 0 Å². The molecule has 1 fully saturated rings. The zero-order chi connectivity index (χ0) is 22.1. The monoisotopic (exact) mass is 287 g/mol. The fraction of sp³-hybridized carbons (Fsp3) is 0.647. The van der Waals surface area contributed by atoms with Crippen LogP contribution in [0.15, 0.2) is 24.3 Å². The number of hydrogen-bond acceptors (Lipinski definition) is 2. The highest BCUT2D eigenvalue weighted by molar-refractivity contribution is 5.31. The van der Waals surface area contributed by atoms with E-state index in [-0.39, 0.29) is 12.3 Å². The second-order valence-corrected chi connectivity index (χ2v) is 5.57. The molecule has 20 heavy (non-hydrogen) atoms. The number of methoxy groups -OCH3 is 1. The van der Waals surface area contributed by atoms with Crippen molar-refractivity contribution in [2.45, 2.75) is 43.6 Å². The van der Waals surface area contributed by atoms with E-state index in [0.717, 1.165) is 19.3 Å². The summed E-state index contributed by atoms with van der Waals surface area (Å²) in [5.41, 5.74) is -0.676. The molecule has 0 spiro atoms. The first-order chi connectivity index (χ1) is 13.1. The quantitative estimate of drug-likeness (QED) is 0.863. The summed E-state index contributed by atoms with van der Waals surface area (Å²) in [6.45, 7) is -5.86. The number of rotatable bonds is 5. The number of likely N-dealkylation sites (N-methyl/N-ethyl adjacent to an activating group) is 1. The third kappa shape index (κ3) is 3.53. The van der Waals surface area contributed by atoms with Crippen LogP contribution in [0.25, 0.3) is 0 Å². The maximum absolute atomic E-state index is 11.3. The predicted octanol–water partition coefficient (Wildman–Crippen LogP) is 1.62. The van der Waals surface area contributed by atoms with Crippen molar-refractivity contribution >= 4 is 0 Å². The average molecular weight is 287 g/mol. The summed E-state index contributed by atoms with van der Waals surface area (Å²) in [6, 6.07) is 6.00. The zero-order valence-corrected chi connectivity index (χ0v) is 11.5. The van der Waals surface area contributed by atoms with Crippen LogP contribution in [0.1, 0.15) is 55.9 Å². The Morgan fingerprint density at radius 2 is 1.95 bits per heavy atom. The van der Waals surface area contributed by atoms with Gasteiger partial charge < -0.3 is 14.7 Å². The highest BCUT2D eigenvalue weighted by atomic mass is 16.5. The largest absolute Gasteiger partial charge is 0.497 e. The molecule has 0 saturated heterocycles. The van der Waals surface area contributed by atoms with Gasteiger partial charge in [0, 0.05) is 0 Å². The molecular weight excluding hydrogens is 250 g/mol. The van der Waals surface area contributed by atoms with Gasteiger partial charge in [0.15, 0.2) is 0 Å². The molecule has 1 aromatic carbocycles. The lowest BCUT2D eigenvalue weighted by Crippen LogP contribution is -3.06. The number of quaternary nitrogens is 1. The Morgan fingerprint density at radius 1 is 1.25 bits per heavy atom. The number of hydrogen-bond donors (Lipinski definition) is 2. The van der Waals surface area contributed by atoms with E-state index >= 15 is 0 Å². The molecule has 3 heteroatoms. The summed E-state index contributed by atoms with van der Waals surface area (Å²) >= 11 is 0. The van der Waals surface area contributed by atoms with Crippen molar-refractivity contribution in [3.63, 3.8) is 0 Å². The number of ether oxygens (including phenoxy) is 1. The minimum absolute atomic E-state index is 0.110. The highest BCUT2D eigenvalue weighted by Gasteiger charge is 2.40. The molecular formula is C17H28NO2+. The van der Waals surface area contributed by atoms with Gasteiger partial charge in [-0.3, -0.25) is 0 Å². The Bertz CT molecular complexity index is 647. The van der Waals surface area contributed by atoms with Crippen molar-refractivity contribution in [1.82, 2.24) is 0 Å². The fourth-order valence-corrected chi connectivity index (χ4v) is 3.10. The first-order valence-corrected chi connectivity index (χ1v) is 7.00. The van der Waals surface area contributed by atoms with Crippen LogP contribution in [0.5, 0.6) is 5.75 Å². The second-order valence-electron chi connectivity index (χ2n) is 5.57. The van der Waals surface area contributed by atoms with Gasteiger partial charge in [-0.15, -0.1) is 0 Å². The molecule has 1 aromatic rings. The SMILES string of the molecule is [2H]C([2H])([2H])Oc1ccc(C(C[NH+](C([2H])([2H])[2H])C([2H])([2H])[2H])C2(O)CCCCC2)cc1. The highest BCUT2D eigenvalue weighted by Crippen LogP contribution is 2.39. The van der Waals surface area contributed by atoms with E-state index in [1.165, 1.54) is 12.1 Å². The minimum atomic E-state index is -2.78. The molecule has 1 saturated carbocycles. The minimum Gasteiger partial charge on any atom is -0.497 e. The fourth-order valence-electron chi connectivity index (χ4n) is 3.10. The molecule has 0 amide bonds. The first-order valence-electron chi connectivity index (χ1n) is 11.5. The van der Waals surface area contributed by atoms with E-state index in [4.69, 9.17) is 17.1 Å². The van der Waals surface area contributed by atoms with Crippen LogP contribution in [0, 0.1) is 0 Å². The molecule has 2 rings (SSSR count). The molecule has 0 heterocycles. The normalized spacial score (nSPS) is 28.4. The van der Waals surface area contributed by atoms with E-state index in [1.54, 1.807) is 12.1 Å². The summed E-state index contributed by atoms with van der Waals surface area (Å²) in [7, 11) is -2.61. The molecule has 0 aromatic heterocycles. The smallest absolute Gasteiger partial charge is 0.118 e. The number of nitrogens with one attached hydrogen (secondary N) is 1. The lowest BCUT2D eigenvalue weighted by Gasteiger charge is -2.39. The van der Waals surface area contributed by atoms with Crippen molar-refractivity contribution in [2.24, 2.45) is 0 Å². The van der Waals surface area contributed by atoms with Crippen LogP contribution < -0.4 is 9.64 Å². The maximum Gasteiger partial charge on any atom is 0.118 e. The lowest BCUT2D eigenvalue weighted by molar-refractivity contribution is -0.860. The predicted molar refractivity (Wildman–Crippen MR) is 81.4 cm³/mol. The van der Waals surface area contributed by atoms with E-state index in [0.29, 0.717) is 18.4 Å². The molecule has 1 aliphatic carbocycles. The average Bonchev–Trinajstić information content (AvgIpc) is 2.53. The van der Waals surface area contributed by atoms with Crippen molar-refractivity contribution in [2.75, 3.05) is 27.5 Å². The molecule has 112 valence electrons. The Kier molecular flexibility index (Phi) is 2.40. The molecule has 0 bridgehead atoms.